The summed E-state index contributed by atoms with van der Waals surface area (Å²) >= 11 is 0. The second-order valence-corrected chi connectivity index (χ2v) is 4.85. The minimum Gasteiger partial charge on any atom is -0.323 e. The highest BCUT2D eigenvalue weighted by Gasteiger charge is 2.26. The Labute approximate surface area is 108 Å². The maximum absolute atomic E-state index is 13.9. The van der Waals surface area contributed by atoms with Gasteiger partial charge in [-0.1, -0.05) is 6.92 Å². The first-order chi connectivity index (χ1) is 9.04. The van der Waals surface area contributed by atoms with E-state index in [1.165, 1.54) is 6.07 Å². The largest absolute Gasteiger partial charge is 0.323 e. The van der Waals surface area contributed by atoms with Crippen molar-refractivity contribution in [3.63, 3.8) is 0 Å². The van der Waals surface area contributed by atoms with Crippen LogP contribution in [0.2, 0.25) is 0 Å². The number of hydrogen-bond donors (Lipinski definition) is 2. The third kappa shape index (κ3) is 1.99. The van der Waals surface area contributed by atoms with Crippen molar-refractivity contribution in [2.45, 2.75) is 19.8 Å². The molecule has 0 fully saturated rings. The van der Waals surface area contributed by atoms with E-state index in [1.54, 1.807) is 6.07 Å². The average molecular weight is 261 g/mol. The minimum atomic E-state index is -0.467. The van der Waals surface area contributed by atoms with Gasteiger partial charge in [0.1, 0.15) is 5.82 Å². The second-order valence-electron chi connectivity index (χ2n) is 4.85. The van der Waals surface area contributed by atoms with Gasteiger partial charge in [-0.3, -0.25) is 9.59 Å². The van der Waals surface area contributed by atoms with E-state index in [1.807, 2.05) is 6.92 Å². The van der Waals surface area contributed by atoms with Crippen molar-refractivity contribution in [1.29, 1.82) is 0 Å². The van der Waals surface area contributed by atoms with Gasteiger partial charge in [0, 0.05) is 17.9 Å². The number of amides is 2. The second kappa shape index (κ2) is 4.15. The Hall–Kier alpha value is -2.24. The third-order valence-corrected chi connectivity index (χ3v) is 3.34. The summed E-state index contributed by atoms with van der Waals surface area (Å²) in [6, 6.07) is 3.10. The zero-order valence-corrected chi connectivity index (χ0v) is 10.3. The average Bonchev–Trinajstić information content (AvgIpc) is 2.70. The summed E-state index contributed by atoms with van der Waals surface area (Å²) in [4.78, 5) is 22.5. The van der Waals surface area contributed by atoms with Crippen LogP contribution in [0.5, 0.6) is 0 Å². The molecule has 2 aliphatic heterocycles. The van der Waals surface area contributed by atoms with Crippen molar-refractivity contribution in [1.82, 2.24) is 5.43 Å². The molecule has 5 nitrogen and oxygen atoms in total. The number of anilines is 1. The maximum atomic E-state index is 13.9. The molecule has 98 valence electrons. The molecule has 0 saturated carbocycles. The van der Waals surface area contributed by atoms with Gasteiger partial charge in [-0.2, -0.15) is 5.10 Å². The van der Waals surface area contributed by atoms with E-state index in [0.29, 0.717) is 23.3 Å². The molecule has 2 N–H and O–H groups in total. The van der Waals surface area contributed by atoms with Crippen molar-refractivity contribution in [3.8, 4) is 0 Å². The number of rotatable bonds is 1. The molecule has 0 aromatic heterocycles. The lowest BCUT2D eigenvalue weighted by atomic mass is 9.92. The van der Waals surface area contributed by atoms with Crippen LogP contribution in [0, 0.1) is 11.7 Å². The van der Waals surface area contributed by atoms with Gasteiger partial charge in [0.15, 0.2) is 0 Å². The van der Waals surface area contributed by atoms with E-state index in [-0.39, 0.29) is 29.8 Å². The van der Waals surface area contributed by atoms with E-state index >= 15 is 0 Å². The van der Waals surface area contributed by atoms with E-state index in [9.17, 15) is 14.0 Å². The van der Waals surface area contributed by atoms with Crippen molar-refractivity contribution in [3.05, 3.63) is 29.1 Å². The zero-order chi connectivity index (χ0) is 13.6. The van der Waals surface area contributed by atoms with Gasteiger partial charge >= 0.3 is 0 Å². The number of benzene rings is 1. The molecule has 3 rings (SSSR count). The molecule has 1 atom stereocenters. The predicted octanol–water partition coefficient (Wildman–Crippen LogP) is 1.18. The summed E-state index contributed by atoms with van der Waals surface area (Å²) in [5, 5.41) is 6.48. The fourth-order valence-electron chi connectivity index (χ4n) is 2.45. The van der Waals surface area contributed by atoms with Crippen LogP contribution in [0.1, 0.15) is 24.5 Å². The molecular weight excluding hydrogens is 249 g/mol. The summed E-state index contributed by atoms with van der Waals surface area (Å²) in [6.45, 7) is 1.87. The Morgan fingerprint density at radius 2 is 2.11 bits per heavy atom. The van der Waals surface area contributed by atoms with Gasteiger partial charge in [0.2, 0.25) is 11.8 Å². The van der Waals surface area contributed by atoms with Crippen LogP contribution in [-0.2, 0) is 16.0 Å². The van der Waals surface area contributed by atoms with E-state index < -0.39 is 5.82 Å². The minimum absolute atomic E-state index is 0.0729. The molecule has 0 saturated heterocycles. The number of fused-ring (bicyclic) bond motifs is 1. The zero-order valence-electron chi connectivity index (χ0n) is 10.3. The molecule has 2 heterocycles. The van der Waals surface area contributed by atoms with Gasteiger partial charge < -0.3 is 5.32 Å². The number of carbonyl (C=O) groups excluding carboxylic acids is 2. The van der Waals surface area contributed by atoms with Crippen LogP contribution in [0.15, 0.2) is 17.2 Å². The van der Waals surface area contributed by atoms with Crippen molar-refractivity contribution >= 4 is 23.2 Å². The monoisotopic (exact) mass is 261 g/mol. The Morgan fingerprint density at radius 1 is 1.32 bits per heavy atom. The SMILES string of the molecule is C[C@@H]1CC(=O)NN=C1c1cc(F)c2c(c1)CC(=O)N2. The van der Waals surface area contributed by atoms with Crippen molar-refractivity contribution < 1.29 is 14.0 Å². The lowest BCUT2D eigenvalue weighted by Gasteiger charge is -2.19. The maximum Gasteiger partial charge on any atom is 0.240 e. The topological polar surface area (TPSA) is 70.6 Å². The predicted molar refractivity (Wildman–Crippen MR) is 67.2 cm³/mol. The number of nitrogens with zero attached hydrogens (tertiary/aromatic N) is 1. The summed E-state index contributed by atoms with van der Waals surface area (Å²) in [6.07, 6.45) is 0.503. The summed E-state index contributed by atoms with van der Waals surface area (Å²) in [5.41, 5.74) is 4.53. The first-order valence-corrected chi connectivity index (χ1v) is 6.03. The molecule has 19 heavy (non-hydrogen) atoms. The van der Waals surface area contributed by atoms with Gasteiger partial charge in [0.05, 0.1) is 17.8 Å². The fraction of sp³-hybridized carbons (Fsp3) is 0.308. The summed E-state index contributed by atoms with van der Waals surface area (Å²) in [5.74, 6) is -0.894. The van der Waals surface area contributed by atoms with E-state index in [0.717, 1.165) is 0 Å². The molecule has 0 spiro atoms. The molecule has 6 heteroatoms. The molecule has 0 radical (unpaired) electrons. The van der Waals surface area contributed by atoms with Gasteiger partial charge in [-0.25, -0.2) is 9.82 Å². The quantitative estimate of drug-likeness (QED) is 0.797. The summed E-state index contributed by atoms with van der Waals surface area (Å²) < 4.78 is 13.9. The van der Waals surface area contributed by atoms with Crippen LogP contribution in [-0.4, -0.2) is 17.5 Å². The number of halogens is 1. The molecule has 1 aromatic rings. The number of hydrazone groups is 1. The van der Waals surface area contributed by atoms with Gasteiger partial charge in [0.25, 0.3) is 0 Å². The van der Waals surface area contributed by atoms with Crippen LogP contribution in [0.3, 0.4) is 0 Å². The Balaban J connectivity index is 2.03. The van der Waals surface area contributed by atoms with Crippen LogP contribution < -0.4 is 10.7 Å². The van der Waals surface area contributed by atoms with Gasteiger partial charge in [-0.05, 0) is 17.7 Å². The molecule has 0 bridgehead atoms. The first kappa shape index (κ1) is 11.8. The normalized spacial score (nSPS) is 21.6. The van der Waals surface area contributed by atoms with Crippen LogP contribution >= 0.6 is 0 Å². The first-order valence-electron chi connectivity index (χ1n) is 6.03. The van der Waals surface area contributed by atoms with Gasteiger partial charge in [-0.15, -0.1) is 0 Å². The number of carbonyl (C=O) groups is 2. The highest BCUT2D eigenvalue weighted by Crippen LogP contribution is 2.29. The molecule has 0 unspecified atom stereocenters. The lowest BCUT2D eigenvalue weighted by molar-refractivity contribution is -0.122. The molecule has 1 aromatic carbocycles. The highest BCUT2D eigenvalue weighted by atomic mass is 19.1. The van der Waals surface area contributed by atoms with E-state index in [2.05, 4.69) is 15.8 Å². The Bertz CT molecular complexity index is 625. The molecule has 0 aliphatic carbocycles. The molecular formula is C13H12FN3O2. The smallest absolute Gasteiger partial charge is 0.240 e. The lowest BCUT2D eigenvalue weighted by Crippen LogP contribution is -2.32. The van der Waals surface area contributed by atoms with Crippen LogP contribution in [0.4, 0.5) is 10.1 Å². The Morgan fingerprint density at radius 3 is 2.84 bits per heavy atom. The fourth-order valence-corrected chi connectivity index (χ4v) is 2.45. The molecule has 2 aliphatic rings. The molecule has 2 amide bonds. The van der Waals surface area contributed by atoms with Crippen molar-refractivity contribution in [2.24, 2.45) is 11.0 Å². The summed E-state index contributed by atoms with van der Waals surface area (Å²) in [7, 11) is 0. The number of nitrogens with one attached hydrogen (secondary N) is 2. The van der Waals surface area contributed by atoms with Crippen molar-refractivity contribution in [2.75, 3.05) is 5.32 Å². The Kier molecular flexibility index (Phi) is 2.58. The van der Waals surface area contributed by atoms with Crippen LogP contribution in [0.25, 0.3) is 0 Å². The number of hydrogen-bond acceptors (Lipinski definition) is 3. The standard InChI is InChI=1S/C13H12FN3O2/c1-6-2-11(19)16-17-12(6)7-3-8-5-10(18)15-13(8)9(14)4-7/h3-4,6H,2,5H2,1H3,(H,15,18)(H,16,19)/t6-/m1/s1. The third-order valence-electron chi connectivity index (χ3n) is 3.34. The highest BCUT2D eigenvalue weighted by molar-refractivity contribution is 6.07. The van der Waals surface area contributed by atoms with E-state index in [4.69, 9.17) is 0 Å².